The second-order valence-electron chi connectivity index (χ2n) is 6.10. The molecule has 0 saturated heterocycles. The highest BCUT2D eigenvalue weighted by Crippen LogP contribution is 2.31. The Morgan fingerprint density at radius 3 is 2.73 bits per heavy atom. The number of ether oxygens (including phenoxy) is 1. The van der Waals surface area contributed by atoms with Crippen LogP contribution in [0.3, 0.4) is 0 Å². The largest absolute Gasteiger partial charge is 0.465 e. The van der Waals surface area contributed by atoms with Crippen molar-refractivity contribution < 1.29 is 9.53 Å². The maximum atomic E-state index is 11.9. The van der Waals surface area contributed by atoms with E-state index in [1.54, 1.807) is 18.3 Å². The lowest BCUT2D eigenvalue weighted by Crippen LogP contribution is -2.02. The molecule has 1 N–H and O–H groups in total. The van der Waals surface area contributed by atoms with Crippen LogP contribution in [0.25, 0.3) is 21.7 Å². The fourth-order valence-electron chi connectivity index (χ4n) is 3.05. The fourth-order valence-corrected chi connectivity index (χ4v) is 3.05. The standard InChI is InChI=1S/C21H17N3O2/c1-13-4-3-5-15(10-13)23-20-17-8-9-22-12-18(17)16-7-6-14(21(25)26-2)11-19(16)24-20/h3-12H,1-2H3,(H,23,24). The Balaban J connectivity index is 1.93. The number of hydrogen-bond donors (Lipinski definition) is 1. The molecule has 5 heteroatoms. The number of methoxy groups -OCH3 is 1. The van der Waals surface area contributed by atoms with Crippen molar-refractivity contribution in [1.29, 1.82) is 0 Å². The van der Waals surface area contributed by atoms with Gasteiger partial charge >= 0.3 is 5.97 Å². The van der Waals surface area contributed by atoms with Gasteiger partial charge in [-0.15, -0.1) is 0 Å². The van der Waals surface area contributed by atoms with Gasteiger partial charge in [-0.25, -0.2) is 9.78 Å². The Morgan fingerprint density at radius 1 is 1.04 bits per heavy atom. The van der Waals surface area contributed by atoms with E-state index in [-0.39, 0.29) is 5.97 Å². The molecule has 4 aromatic rings. The van der Waals surface area contributed by atoms with E-state index < -0.39 is 0 Å². The molecule has 0 aliphatic carbocycles. The Labute approximate surface area is 150 Å². The fraction of sp³-hybridized carbons (Fsp3) is 0.0952. The predicted octanol–water partition coefficient (Wildman–Crippen LogP) is 4.62. The highest BCUT2D eigenvalue weighted by Gasteiger charge is 2.12. The van der Waals surface area contributed by atoms with E-state index in [4.69, 9.17) is 9.72 Å². The number of anilines is 2. The Morgan fingerprint density at radius 2 is 1.92 bits per heavy atom. The average molecular weight is 343 g/mol. The molecule has 5 nitrogen and oxygen atoms in total. The molecule has 0 saturated carbocycles. The maximum Gasteiger partial charge on any atom is 0.337 e. The molecule has 0 amide bonds. The van der Waals surface area contributed by atoms with Crippen LogP contribution in [0.4, 0.5) is 11.5 Å². The van der Waals surface area contributed by atoms with Crippen LogP contribution < -0.4 is 5.32 Å². The first-order chi connectivity index (χ1) is 12.7. The summed E-state index contributed by atoms with van der Waals surface area (Å²) in [4.78, 5) is 20.9. The molecule has 0 radical (unpaired) electrons. The number of rotatable bonds is 3. The molecule has 0 aliphatic heterocycles. The van der Waals surface area contributed by atoms with Gasteiger partial charge in [0.1, 0.15) is 5.82 Å². The van der Waals surface area contributed by atoms with Crippen molar-refractivity contribution in [3.8, 4) is 0 Å². The average Bonchev–Trinajstić information content (AvgIpc) is 2.67. The van der Waals surface area contributed by atoms with Gasteiger partial charge < -0.3 is 10.1 Å². The second-order valence-corrected chi connectivity index (χ2v) is 6.10. The molecule has 0 spiro atoms. The minimum absolute atomic E-state index is 0.381. The van der Waals surface area contributed by atoms with Crippen molar-refractivity contribution in [1.82, 2.24) is 9.97 Å². The first kappa shape index (κ1) is 16.0. The third-order valence-electron chi connectivity index (χ3n) is 4.30. The molecule has 2 heterocycles. The molecule has 26 heavy (non-hydrogen) atoms. The molecular formula is C21H17N3O2. The molecule has 0 fully saturated rings. The Bertz CT molecular complexity index is 1140. The number of benzene rings is 2. The molecule has 0 bridgehead atoms. The van der Waals surface area contributed by atoms with Crippen molar-refractivity contribution in [2.45, 2.75) is 6.92 Å². The molecule has 128 valence electrons. The Hall–Kier alpha value is -3.47. The van der Waals surface area contributed by atoms with Crippen LogP contribution in [0.2, 0.25) is 0 Å². The second kappa shape index (κ2) is 6.44. The number of carbonyl (C=O) groups excluding carboxylic acids is 1. The van der Waals surface area contributed by atoms with Crippen molar-refractivity contribution in [2.75, 3.05) is 12.4 Å². The lowest BCUT2D eigenvalue weighted by molar-refractivity contribution is 0.0601. The third-order valence-corrected chi connectivity index (χ3v) is 4.30. The molecular weight excluding hydrogens is 326 g/mol. The molecule has 4 rings (SSSR count). The van der Waals surface area contributed by atoms with E-state index >= 15 is 0 Å². The van der Waals surface area contributed by atoms with Crippen LogP contribution in [-0.4, -0.2) is 23.0 Å². The van der Waals surface area contributed by atoms with E-state index in [9.17, 15) is 4.79 Å². The SMILES string of the molecule is COC(=O)c1ccc2c(c1)nc(Nc1cccc(C)c1)c1ccncc12. The molecule has 2 aromatic heterocycles. The summed E-state index contributed by atoms with van der Waals surface area (Å²) in [7, 11) is 1.37. The van der Waals surface area contributed by atoms with Gasteiger partial charge in [0.2, 0.25) is 0 Å². The van der Waals surface area contributed by atoms with Gasteiger partial charge in [0.15, 0.2) is 0 Å². The minimum atomic E-state index is -0.381. The van der Waals surface area contributed by atoms with Crippen molar-refractivity contribution >= 4 is 39.1 Å². The first-order valence-electron chi connectivity index (χ1n) is 8.25. The van der Waals surface area contributed by atoms with Gasteiger partial charge in [0, 0.05) is 34.2 Å². The highest BCUT2D eigenvalue weighted by atomic mass is 16.5. The number of aromatic nitrogens is 2. The quantitative estimate of drug-likeness (QED) is 0.434. The van der Waals surface area contributed by atoms with E-state index in [2.05, 4.69) is 16.4 Å². The molecule has 0 unspecified atom stereocenters. The van der Waals surface area contributed by atoms with Crippen LogP contribution in [0.15, 0.2) is 60.9 Å². The highest BCUT2D eigenvalue weighted by molar-refractivity contribution is 6.11. The molecule has 0 aliphatic rings. The van der Waals surface area contributed by atoms with Gasteiger partial charge in [-0.2, -0.15) is 0 Å². The molecule has 2 aromatic carbocycles. The maximum absolute atomic E-state index is 11.9. The summed E-state index contributed by atoms with van der Waals surface area (Å²) >= 11 is 0. The van der Waals surface area contributed by atoms with E-state index in [0.29, 0.717) is 11.1 Å². The van der Waals surface area contributed by atoms with E-state index in [1.807, 2.05) is 43.5 Å². The van der Waals surface area contributed by atoms with Gasteiger partial charge in [0.25, 0.3) is 0 Å². The van der Waals surface area contributed by atoms with Crippen molar-refractivity contribution in [3.05, 3.63) is 72.1 Å². The van der Waals surface area contributed by atoms with Crippen molar-refractivity contribution in [3.63, 3.8) is 0 Å². The number of carbonyl (C=O) groups is 1. The number of esters is 1. The predicted molar refractivity (Wildman–Crippen MR) is 103 cm³/mol. The van der Waals surface area contributed by atoms with Crippen LogP contribution in [0.5, 0.6) is 0 Å². The smallest absolute Gasteiger partial charge is 0.337 e. The summed E-state index contributed by atoms with van der Waals surface area (Å²) in [5.74, 6) is 0.343. The zero-order chi connectivity index (χ0) is 18.1. The number of aryl methyl sites for hydroxylation is 1. The van der Waals surface area contributed by atoms with Gasteiger partial charge in [0.05, 0.1) is 18.2 Å². The summed E-state index contributed by atoms with van der Waals surface area (Å²) in [5, 5.41) is 6.28. The van der Waals surface area contributed by atoms with Gasteiger partial charge in [-0.3, -0.25) is 4.98 Å². The minimum Gasteiger partial charge on any atom is -0.465 e. The van der Waals surface area contributed by atoms with Gasteiger partial charge in [-0.05, 0) is 42.8 Å². The lowest BCUT2D eigenvalue weighted by Gasteiger charge is -2.12. The van der Waals surface area contributed by atoms with Crippen LogP contribution in [-0.2, 0) is 4.74 Å². The summed E-state index contributed by atoms with van der Waals surface area (Å²) in [6, 6.07) is 15.4. The van der Waals surface area contributed by atoms with Crippen LogP contribution in [0.1, 0.15) is 15.9 Å². The summed E-state index contributed by atoms with van der Waals surface area (Å²) in [6.45, 7) is 2.05. The lowest BCUT2D eigenvalue weighted by atomic mass is 10.1. The molecule has 0 atom stereocenters. The number of fused-ring (bicyclic) bond motifs is 3. The van der Waals surface area contributed by atoms with Crippen LogP contribution in [0, 0.1) is 6.92 Å². The van der Waals surface area contributed by atoms with E-state index in [1.165, 1.54) is 7.11 Å². The normalized spacial score (nSPS) is 10.8. The summed E-state index contributed by atoms with van der Waals surface area (Å²) in [6.07, 6.45) is 3.57. The first-order valence-corrected chi connectivity index (χ1v) is 8.25. The number of nitrogens with one attached hydrogen (secondary N) is 1. The van der Waals surface area contributed by atoms with Crippen molar-refractivity contribution in [2.24, 2.45) is 0 Å². The summed E-state index contributed by atoms with van der Waals surface area (Å²) in [5.41, 5.74) is 3.30. The topological polar surface area (TPSA) is 64.1 Å². The third kappa shape index (κ3) is 2.84. The van der Waals surface area contributed by atoms with Gasteiger partial charge in [-0.1, -0.05) is 18.2 Å². The Kier molecular flexibility index (Phi) is 3.97. The van der Waals surface area contributed by atoms with Crippen LogP contribution >= 0.6 is 0 Å². The summed E-state index contributed by atoms with van der Waals surface area (Å²) < 4.78 is 4.82. The number of nitrogens with zero attached hydrogens (tertiary/aromatic N) is 2. The van der Waals surface area contributed by atoms with E-state index in [0.717, 1.165) is 33.2 Å². The number of pyridine rings is 2. The zero-order valence-corrected chi connectivity index (χ0v) is 14.5. The number of hydrogen-bond acceptors (Lipinski definition) is 5. The monoisotopic (exact) mass is 343 g/mol. The zero-order valence-electron chi connectivity index (χ0n) is 14.5.